The highest BCUT2D eigenvalue weighted by Crippen LogP contribution is 2.52. The molecule has 2 fully saturated rings. The predicted octanol–water partition coefficient (Wildman–Crippen LogP) is 2.04. The molecule has 1 saturated carbocycles. The first-order valence-electron chi connectivity index (χ1n) is 5.44. The summed E-state index contributed by atoms with van der Waals surface area (Å²) < 4.78 is 23.7. The number of hydrogen-bond donors (Lipinski definition) is 0. The second-order valence-electron chi connectivity index (χ2n) is 5.70. The standard InChI is InChI=1S/C10H16ClNO3S/c1-9(2)4-3-5-10(7-9)6-8(13)12(10)16(11,14)15/h3-7H2,1-2H3. The van der Waals surface area contributed by atoms with Gasteiger partial charge in [-0.2, -0.15) is 8.42 Å². The molecule has 1 spiro atoms. The van der Waals surface area contributed by atoms with Crippen LogP contribution in [0.2, 0.25) is 0 Å². The van der Waals surface area contributed by atoms with E-state index in [1.54, 1.807) is 0 Å². The lowest BCUT2D eigenvalue weighted by Crippen LogP contribution is -2.66. The topological polar surface area (TPSA) is 54.5 Å². The van der Waals surface area contributed by atoms with Crippen LogP contribution in [-0.2, 0) is 14.0 Å². The van der Waals surface area contributed by atoms with Crippen LogP contribution in [0.3, 0.4) is 0 Å². The lowest BCUT2D eigenvalue weighted by molar-refractivity contribution is -0.150. The van der Waals surface area contributed by atoms with Crippen molar-refractivity contribution in [2.24, 2.45) is 5.41 Å². The van der Waals surface area contributed by atoms with Crippen molar-refractivity contribution in [1.82, 2.24) is 4.31 Å². The normalized spacial score (nSPS) is 33.9. The summed E-state index contributed by atoms with van der Waals surface area (Å²) in [4.78, 5) is 11.4. The number of rotatable bonds is 1. The van der Waals surface area contributed by atoms with Crippen LogP contribution in [0.1, 0.15) is 46.0 Å². The zero-order chi connectivity index (χ0) is 12.2. The first-order chi connectivity index (χ1) is 7.16. The molecule has 1 aliphatic carbocycles. The van der Waals surface area contributed by atoms with E-state index in [-0.39, 0.29) is 11.3 Å². The van der Waals surface area contributed by atoms with E-state index in [0.717, 1.165) is 30.0 Å². The summed E-state index contributed by atoms with van der Waals surface area (Å²) in [5, 5.41) is 0. The molecule has 1 heterocycles. The molecule has 4 nitrogen and oxygen atoms in total. The van der Waals surface area contributed by atoms with Gasteiger partial charge in [-0.1, -0.05) is 20.3 Å². The van der Waals surface area contributed by atoms with Crippen LogP contribution < -0.4 is 0 Å². The Labute approximate surface area is 101 Å². The predicted molar refractivity (Wildman–Crippen MR) is 61.2 cm³/mol. The number of carbonyl (C=O) groups excluding carboxylic acids is 1. The molecule has 0 N–H and O–H groups in total. The highest BCUT2D eigenvalue weighted by molar-refractivity contribution is 8.12. The number of nitrogens with zero attached hydrogens (tertiary/aromatic N) is 1. The van der Waals surface area contributed by atoms with Gasteiger partial charge in [0.2, 0.25) is 5.91 Å². The molecule has 0 bridgehead atoms. The average molecular weight is 266 g/mol. The third kappa shape index (κ3) is 1.84. The largest absolute Gasteiger partial charge is 0.324 e. The van der Waals surface area contributed by atoms with Gasteiger partial charge in [0, 0.05) is 10.7 Å². The fourth-order valence-electron chi connectivity index (χ4n) is 3.24. The van der Waals surface area contributed by atoms with Crippen molar-refractivity contribution in [3.8, 4) is 0 Å². The Bertz CT molecular complexity index is 431. The Morgan fingerprint density at radius 3 is 2.38 bits per heavy atom. The van der Waals surface area contributed by atoms with Crippen molar-refractivity contribution < 1.29 is 13.2 Å². The Morgan fingerprint density at radius 2 is 1.94 bits per heavy atom. The van der Waals surface area contributed by atoms with E-state index in [1.807, 2.05) is 0 Å². The molecule has 6 heteroatoms. The maximum Gasteiger partial charge on any atom is 0.324 e. The van der Waals surface area contributed by atoms with Crippen molar-refractivity contribution in [1.29, 1.82) is 0 Å². The van der Waals surface area contributed by atoms with Crippen molar-refractivity contribution in [2.45, 2.75) is 51.5 Å². The minimum absolute atomic E-state index is 0.0821. The van der Waals surface area contributed by atoms with E-state index in [4.69, 9.17) is 10.7 Å². The van der Waals surface area contributed by atoms with Crippen LogP contribution in [0, 0.1) is 5.41 Å². The molecule has 16 heavy (non-hydrogen) atoms. The van der Waals surface area contributed by atoms with Crippen LogP contribution in [0.15, 0.2) is 0 Å². The van der Waals surface area contributed by atoms with E-state index in [2.05, 4.69) is 13.8 Å². The van der Waals surface area contributed by atoms with E-state index < -0.39 is 14.8 Å². The van der Waals surface area contributed by atoms with Crippen molar-refractivity contribution in [3.63, 3.8) is 0 Å². The second kappa shape index (κ2) is 3.35. The highest BCUT2D eigenvalue weighted by Gasteiger charge is 2.58. The monoisotopic (exact) mass is 265 g/mol. The molecule has 0 aromatic rings. The first kappa shape index (κ1) is 12.2. The number of amides is 1. The summed E-state index contributed by atoms with van der Waals surface area (Å²) >= 11 is 0. The molecule has 0 aromatic carbocycles. The number of carbonyl (C=O) groups is 1. The molecule has 1 amide bonds. The summed E-state index contributed by atoms with van der Waals surface area (Å²) in [5.74, 6) is -0.368. The molecule has 1 atom stereocenters. The Hall–Kier alpha value is -0.290. The molecule has 1 unspecified atom stereocenters. The van der Waals surface area contributed by atoms with Gasteiger partial charge in [0.1, 0.15) is 0 Å². The Balaban J connectivity index is 2.30. The lowest BCUT2D eigenvalue weighted by atomic mass is 9.64. The third-order valence-electron chi connectivity index (χ3n) is 3.66. The van der Waals surface area contributed by atoms with Crippen LogP contribution in [0.25, 0.3) is 0 Å². The van der Waals surface area contributed by atoms with Crippen molar-refractivity contribution in [3.05, 3.63) is 0 Å². The zero-order valence-electron chi connectivity index (χ0n) is 9.49. The van der Waals surface area contributed by atoms with Crippen LogP contribution >= 0.6 is 10.7 Å². The van der Waals surface area contributed by atoms with Crippen LogP contribution in [0.4, 0.5) is 0 Å². The van der Waals surface area contributed by atoms with Crippen LogP contribution in [0.5, 0.6) is 0 Å². The summed E-state index contributed by atoms with van der Waals surface area (Å²) in [6.07, 6.45) is 3.80. The van der Waals surface area contributed by atoms with Crippen LogP contribution in [-0.4, -0.2) is 24.2 Å². The van der Waals surface area contributed by atoms with Gasteiger partial charge in [0.25, 0.3) is 0 Å². The molecule has 1 saturated heterocycles. The Morgan fingerprint density at radius 1 is 1.31 bits per heavy atom. The molecule has 0 radical (unpaired) electrons. The minimum atomic E-state index is -3.92. The molecular weight excluding hydrogens is 250 g/mol. The van der Waals surface area contributed by atoms with E-state index in [9.17, 15) is 13.2 Å². The van der Waals surface area contributed by atoms with Gasteiger partial charge in [-0.3, -0.25) is 4.79 Å². The third-order valence-corrected chi connectivity index (χ3v) is 5.10. The second-order valence-corrected chi connectivity index (χ2v) is 8.06. The van der Waals surface area contributed by atoms with Gasteiger partial charge in [0.15, 0.2) is 0 Å². The SMILES string of the molecule is CC1(C)CCCC2(CC(=O)N2S(=O)(=O)Cl)C1. The minimum Gasteiger partial charge on any atom is -0.274 e. The molecule has 92 valence electrons. The first-order valence-corrected chi connectivity index (χ1v) is 7.71. The van der Waals surface area contributed by atoms with Gasteiger partial charge >= 0.3 is 9.24 Å². The molecule has 1 aliphatic heterocycles. The van der Waals surface area contributed by atoms with Gasteiger partial charge in [-0.15, -0.1) is 0 Å². The lowest BCUT2D eigenvalue weighted by Gasteiger charge is -2.55. The quantitative estimate of drug-likeness (QED) is 0.539. The maximum absolute atomic E-state index is 11.4. The number of β-lactam (4-membered cyclic amide) rings is 1. The highest BCUT2D eigenvalue weighted by atomic mass is 35.7. The molecule has 2 rings (SSSR count). The summed E-state index contributed by atoms with van der Waals surface area (Å²) in [6, 6.07) is 0. The molecule has 0 aromatic heterocycles. The smallest absolute Gasteiger partial charge is 0.274 e. The van der Waals surface area contributed by atoms with Gasteiger partial charge in [0.05, 0.1) is 12.0 Å². The van der Waals surface area contributed by atoms with Gasteiger partial charge < -0.3 is 0 Å². The summed E-state index contributed by atoms with van der Waals surface area (Å²) in [7, 11) is 1.41. The fourth-order valence-corrected chi connectivity index (χ4v) is 4.90. The molecular formula is C10H16ClNO3S. The van der Waals surface area contributed by atoms with Gasteiger partial charge in [-0.25, -0.2) is 4.31 Å². The van der Waals surface area contributed by atoms with E-state index in [1.165, 1.54) is 0 Å². The van der Waals surface area contributed by atoms with E-state index in [0.29, 0.717) is 6.42 Å². The Kier molecular flexibility index (Phi) is 2.55. The zero-order valence-corrected chi connectivity index (χ0v) is 11.1. The maximum atomic E-state index is 11.4. The fraction of sp³-hybridized carbons (Fsp3) is 0.900. The van der Waals surface area contributed by atoms with Crippen molar-refractivity contribution >= 4 is 25.8 Å². The summed E-state index contributed by atoms with van der Waals surface area (Å²) in [6.45, 7) is 4.21. The van der Waals surface area contributed by atoms with E-state index >= 15 is 0 Å². The molecule has 2 aliphatic rings. The summed E-state index contributed by atoms with van der Waals surface area (Å²) in [5.41, 5.74) is -0.446. The number of halogens is 1. The number of hydrogen-bond acceptors (Lipinski definition) is 3. The average Bonchev–Trinajstić information content (AvgIpc) is 1.96. The van der Waals surface area contributed by atoms with Crippen molar-refractivity contribution in [2.75, 3.05) is 0 Å². The van der Waals surface area contributed by atoms with Gasteiger partial charge in [-0.05, 0) is 24.7 Å².